The molecule has 0 radical (unpaired) electrons. The normalized spacial score (nSPS) is 30.1. The van der Waals surface area contributed by atoms with Crippen LogP contribution in [-0.4, -0.2) is 71.1 Å². The van der Waals surface area contributed by atoms with Crippen molar-refractivity contribution in [2.45, 2.75) is 37.0 Å². The molecule has 3 fully saturated rings. The number of carbonyl (C=O) groups excluding carboxylic acids is 1. The largest absolute Gasteiger partial charge is 0.396 e. The maximum Gasteiger partial charge on any atom is 0.223 e. The van der Waals surface area contributed by atoms with E-state index in [9.17, 15) is 9.90 Å². The van der Waals surface area contributed by atoms with E-state index in [0.29, 0.717) is 25.3 Å². The molecule has 160 valence electrons. The van der Waals surface area contributed by atoms with Gasteiger partial charge in [0.05, 0.1) is 23.2 Å². The summed E-state index contributed by atoms with van der Waals surface area (Å²) < 4.78 is 6.30. The lowest BCUT2D eigenvalue weighted by atomic mass is 9.83. The average Bonchev–Trinajstić information content (AvgIpc) is 3.16. The molecule has 2 bridgehead atoms. The molecule has 3 aliphatic heterocycles. The molecule has 2 N–H and O–H groups in total. The zero-order chi connectivity index (χ0) is 20.9. The van der Waals surface area contributed by atoms with E-state index in [1.54, 1.807) is 11.8 Å². The fourth-order valence-electron chi connectivity index (χ4n) is 5.44. The van der Waals surface area contributed by atoms with Crippen molar-refractivity contribution in [2.24, 2.45) is 11.8 Å². The van der Waals surface area contributed by atoms with Crippen molar-refractivity contribution in [2.75, 3.05) is 38.5 Å². The van der Waals surface area contributed by atoms with Crippen molar-refractivity contribution in [1.82, 2.24) is 15.2 Å². The first-order valence-corrected chi connectivity index (χ1v) is 11.8. The Labute approximate surface area is 181 Å². The molecule has 0 saturated carbocycles. The van der Waals surface area contributed by atoms with Crippen LogP contribution in [0, 0.1) is 25.7 Å². The Morgan fingerprint density at radius 2 is 2.27 bits per heavy atom. The minimum absolute atomic E-state index is 0.0764. The van der Waals surface area contributed by atoms with Gasteiger partial charge in [-0.2, -0.15) is 0 Å². The van der Waals surface area contributed by atoms with Gasteiger partial charge >= 0.3 is 0 Å². The molecule has 7 heteroatoms. The number of likely N-dealkylation sites (tertiary alicyclic amines) is 1. The highest BCUT2D eigenvalue weighted by Gasteiger charge is 2.61. The maximum atomic E-state index is 12.9. The minimum Gasteiger partial charge on any atom is -0.396 e. The van der Waals surface area contributed by atoms with Crippen LogP contribution < -0.4 is 5.32 Å². The topological polar surface area (TPSA) is 74.7 Å². The van der Waals surface area contributed by atoms with Gasteiger partial charge in [-0.05, 0) is 37.6 Å². The van der Waals surface area contributed by atoms with Crippen LogP contribution in [-0.2, 0) is 9.53 Å². The first kappa shape index (κ1) is 20.2. The summed E-state index contributed by atoms with van der Waals surface area (Å²) in [5.41, 5.74) is 3.15. The maximum absolute atomic E-state index is 12.9. The van der Waals surface area contributed by atoms with Crippen LogP contribution in [0.1, 0.15) is 17.5 Å². The number of amides is 1. The molecule has 0 unspecified atom stereocenters. The number of morpholine rings is 1. The molecule has 6 nitrogen and oxygen atoms in total. The highest BCUT2D eigenvalue weighted by molar-refractivity contribution is 7.99. The zero-order valence-electron chi connectivity index (χ0n) is 17.6. The number of ether oxygens (including phenoxy) is 1. The van der Waals surface area contributed by atoms with E-state index in [-0.39, 0.29) is 36.1 Å². The van der Waals surface area contributed by atoms with E-state index < -0.39 is 0 Å². The predicted molar refractivity (Wildman–Crippen MR) is 118 cm³/mol. The molecule has 5 rings (SSSR count). The monoisotopic (exact) mass is 427 g/mol. The number of aliphatic hydroxyl groups is 1. The quantitative estimate of drug-likeness (QED) is 0.713. The van der Waals surface area contributed by atoms with E-state index in [1.807, 2.05) is 4.90 Å². The highest BCUT2D eigenvalue weighted by atomic mass is 32.2. The van der Waals surface area contributed by atoms with Gasteiger partial charge in [0.25, 0.3) is 0 Å². The van der Waals surface area contributed by atoms with E-state index in [1.165, 1.54) is 16.5 Å². The molecule has 4 atom stereocenters. The van der Waals surface area contributed by atoms with Gasteiger partial charge in [0.2, 0.25) is 5.91 Å². The number of benzene rings is 1. The van der Waals surface area contributed by atoms with Crippen LogP contribution in [0.2, 0.25) is 0 Å². The van der Waals surface area contributed by atoms with Gasteiger partial charge in [-0.25, -0.2) is 4.98 Å². The third-order valence-electron chi connectivity index (χ3n) is 6.98. The Kier molecular flexibility index (Phi) is 5.25. The fraction of sp³-hybridized carbons (Fsp3) is 0.565. The molecular weight excluding hydrogens is 398 g/mol. The summed E-state index contributed by atoms with van der Waals surface area (Å²) in [5.74, 6) is 1.23. The number of rotatable bonds is 5. The Bertz CT molecular complexity index is 984. The number of carbonyl (C=O) groups is 1. The van der Waals surface area contributed by atoms with Crippen molar-refractivity contribution < 1.29 is 14.6 Å². The number of aromatic nitrogens is 1. The number of hydrogen-bond donors (Lipinski definition) is 2. The third kappa shape index (κ3) is 3.42. The van der Waals surface area contributed by atoms with Crippen molar-refractivity contribution in [3.8, 4) is 0 Å². The molecule has 3 saturated heterocycles. The molecule has 1 aromatic carbocycles. The lowest BCUT2D eigenvalue weighted by molar-refractivity contribution is -0.133. The van der Waals surface area contributed by atoms with Gasteiger partial charge in [-0.3, -0.25) is 4.79 Å². The summed E-state index contributed by atoms with van der Waals surface area (Å²) in [6.45, 7) is 7.23. The summed E-state index contributed by atoms with van der Waals surface area (Å²) in [7, 11) is 0. The summed E-state index contributed by atoms with van der Waals surface area (Å²) in [6.07, 6.45) is 0.563. The molecule has 1 amide bonds. The highest BCUT2D eigenvalue weighted by Crippen LogP contribution is 2.47. The summed E-state index contributed by atoms with van der Waals surface area (Å²) in [6, 6.07) is 8.44. The Morgan fingerprint density at radius 1 is 1.40 bits per heavy atom. The van der Waals surface area contributed by atoms with Gasteiger partial charge in [0.15, 0.2) is 0 Å². The number of fused-ring (bicyclic) bond motifs is 2. The molecule has 30 heavy (non-hydrogen) atoms. The van der Waals surface area contributed by atoms with E-state index in [0.717, 1.165) is 23.6 Å². The number of aryl methyl sites for hydroxylation is 2. The first-order valence-electron chi connectivity index (χ1n) is 10.8. The number of nitrogens with zero attached hydrogens (tertiary/aromatic N) is 2. The average molecular weight is 428 g/mol. The summed E-state index contributed by atoms with van der Waals surface area (Å²) in [5, 5.41) is 15.4. The zero-order valence-corrected chi connectivity index (χ0v) is 18.4. The smallest absolute Gasteiger partial charge is 0.223 e. The second-order valence-electron chi connectivity index (χ2n) is 8.98. The van der Waals surface area contributed by atoms with E-state index in [2.05, 4.69) is 43.4 Å². The molecule has 1 aromatic heterocycles. The SMILES string of the molecule is Cc1ccc2nc(SCCC(=O)N3C[C@@H]4[C@H](CO)[C@H]5CNC[C@]4(C3)O5)cc(C)c2c1. The number of aliphatic hydroxyl groups excluding tert-OH is 1. The van der Waals surface area contributed by atoms with Crippen molar-refractivity contribution in [3.05, 3.63) is 35.4 Å². The lowest BCUT2D eigenvalue weighted by Gasteiger charge is -2.33. The molecule has 1 spiro atoms. The number of hydrogen-bond acceptors (Lipinski definition) is 6. The van der Waals surface area contributed by atoms with E-state index >= 15 is 0 Å². The van der Waals surface area contributed by atoms with E-state index in [4.69, 9.17) is 9.72 Å². The molecule has 4 heterocycles. The van der Waals surface area contributed by atoms with Crippen molar-refractivity contribution in [3.63, 3.8) is 0 Å². The van der Waals surface area contributed by atoms with Gasteiger partial charge in [-0.15, -0.1) is 11.8 Å². The number of thioether (sulfide) groups is 1. The van der Waals surface area contributed by atoms with Gasteiger partial charge in [0, 0.05) is 55.6 Å². The fourth-order valence-corrected chi connectivity index (χ4v) is 6.35. The predicted octanol–water partition coefficient (Wildman–Crippen LogP) is 2.14. The Balaban J connectivity index is 1.20. The van der Waals surface area contributed by atoms with Crippen LogP contribution in [0.5, 0.6) is 0 Å². The standard InChI is InChI=1S/C23H29N3O3S/c1-14-3-4-19-16(7-14)15(2)8-21(25-19)30-6-5-22(28)26-10-18-17(11-27)20-9-24-12-23(18,13-26)29-20/h3-4,7-8,17-18,20,24,27H,5-6,9-13H2,1-2H3/t17-,18+,20+,23+/m0/s1. The lowest BCUT2D eigenvalue weighted by Crippen LogP contribution is -2.52. The van der Waals surface area contributed by atoms with Gasteiger partial charge in [0.1, 0.15) is 5.60 Å². The van der Waals surface area contributed by atoms with Crippen LogP contribution in [0.15, 0.2) is 29.3 Å². The van der Waals surface area contributed by atoms with Crippen LogP contribution in [0.25, 0.3) is 10.9 Å². The van der Waals surface area contributed by atoms with Crippen LogP contribution in [0.4, 0.5) is 0 Å². The first-order chi connectivity index (χ1) is 14.5. The molecule has 3 aliphatic rings. The van der Waals surface area contributed by atoms with Gasteiger partial charge < -0.3 is 20.1 Å². The van der Waals surface area contributed by atoms with Crippen LogP contribution in [0.3, 0.4) is 0 Å². The van der Waals surface area contributed by atoms with Crippen molar-refractivity contribution >= 4 is 28.6 Å². The number of pyridine rings is 1. The Hall–Kier alpha value is -1.67. The summed E-state index contributed by atoms with van der Waals surface area (Å²) >= 11 is 1.64. The second-order valence-corrected chi connectivity index (χ2v) is 10.1. The van der Waals surface area contributed by atoms with Crippen molar-refractivity contribution in [1.29, 1.82) is 0 Å². The third-order valence-corrected chi connectivity index (χ3v) is 7.89. The summed E-state index contributed by atoms with van der Waals surface area (Å²) in [4.78, 5) is 19.6. The molecule has 0 aliphatic carbocycles. The molecular formula is C23H29N3O3S. The Morgan fingerprint density at radius 3 is 3.10 bits per heavy atom. The van der Waals surface area contributed by atoms with Crippen LogP contribution >= 0.6 is 11.8 Å². The minimum atomic E-state index is -0.311. The second kappa shape index (κ2) is 7.79. The molecule has 2 aromatic rings. The van der Waals surface area contributed by atoms with Gasteiger partial charge in [-0.1, -0.05) is 11.6 Å². The number of nitrogens with one attached hydrogen (secondary N) is 1.